The number of amides is 1. The number of nitrogens with one attached hydrogen (secondary N) is 1. The first-order chi connectivity index (χ1) is 15.3. The highest BCUT2D eigenvalue weighted by Gasteiger charge is 2.25. The van der Waals surface area contributed by atoms with Gasteiger partial charge in [0.2, 0.25) is 5.91 Å². The Kier molecular flexibility index (Phi) is 5.98. The number of thiophene rings is 1. The first-order valence-corrected chi connectivity index (χ1v) is 11.5. The van der Waals surface area contributed by atoms with Gasteiger partial charge in [-0.05, 0) is 49.4 Å². The van der Waals surface area contributed by atoms with Crippen LogP contribution in [0.2, 0.25) is 0 Å². The van der Waals surface area contributed by atoms with E-state index in [-0.39, 0.29) is 23.0 Å². The van der Waals surface area contributed by atoms with Gasteiger partial charge < -0.3 is 10.1 Å². The highest BCUT2D eigenvalue weighted by Crippen LogP contribution is 2.34. The molecule has 0 aliphatic heterocycles. The fraction of sp³-hybridized carbons (Fsp3) is 0.227. The van der Waals surface area contributed by atoms with Gasteiger partial charge in [-0.2, -0.15) is 0 Å². The molecule has 0 spiro atoms. The Labute approximate surface area is 192 Å². The van der Waals surface area contributed by atoms with Crippen LogP contribution >= 0.6 is 23.1 Å². The van der Waals surface area contributed by atoms with Crippen molar-refractivity contribution in [3.63, 3.8) is 0 Å². The van der Waals surface area contributed by atoms with Crippen LogP contribution in [0.5, 0.6) is 0 Å². The minimum atomic E-state index is -0.598. The summed E-state index contributed by atoms with van der Waals surface area (Å²) >= 11 is 2.31. The van der Waals surface area contributed by atoms with E-state index in [1.165, 1.54) is 25.8 Å². The molecule has 0 fully saturated rings. The second-order valence-electron chi connectivity index (χ2n) is 7.17. The second kappa shape index (κ2) is 8.71. The number of ether oxygens (including phenoxy) is 1. The van der Waals surface area contributed by atoms with E-state index in [1.54, 1.807) is 6.92 Å². The van der Waals surface area contributed by atoms with E-state index in [0.29, 0.717) is 20.6 Å². The number of benzene rings is 1. The van der Waals surface area contributed by atoms with Gasteiger partial charge in [-0.25, -0.2) is 4.79 Å². The van der Waals surface area contributed by atoms with Crippen LogP contribution in [0.25, 0.3) is 16.6 Å². The number of hydrogen-bond acceptors (Lipinski definition) is 8. The van der Waals surface area contributed by atoms with Gasteiger partial charge in [0.05, 0.1) is 28.8 Å². The van der Waals surface area contributed by atoms with E-state index >= 15 is 0 Å². The maximum absolute atomic E-state index is 12.7. The van der Waals surface area contributed by atoms with Gasteiger partial charge in [-0.15, -0.1) is 21.5 Å². The number of ketones is 1. The van der Waals surface area contributed by atoms with E-state index in [4.69, 9.17) is 4.74 Å². The molecule has 3 aromatic heterocycles. The summed E-state index contributed by atoms with van der Waals surface area (Å²) < 4.78 is 6.77. The maximum atomic E-state index is 12.7. The number of fused-ring (bicyclic) bond motifs is 3. The zero-order chi connectivity index (χ0) is 23.0. The number of nitrogens with zero attached hydrogens (tertiary/aromatic N) is 3. The van der Waals surface area contributed by atoms with Crippen molar-refractivity contribution in [2.75, 3.05) is 18.2 Å². The van der Waals surface area contributed by atoms with E-state index < -0.39 is 5.97 Å². The largest absolute Gasteiger partial charge is 0.465 e. The summed E-state index contributed by atoms with van der Waals surface area (Å²) in [6, 6.07) is 9.97. The number of esters is 1. The van der Waals surface area contributed by atoms with Gasteiger partial charge in [0.15, 0.2) is 16.6 Å². The van der Waals surface area contributed by atoms with Crippen LogP contribution in [0.3, 0.4) is 0 Å². The number of Topliss-reactive ketones (excluding diaryl/α,β-unsaturated/α-hetero) is 1. The summed E-state index contributed by atoms with van der Waals surface area (Å²) in [5.74, 6) is -1.05. The highest BCUT2D eigenvalue weighted by atomic mass is 32.2. The van der Waals surface area contributed by atoms with Crippen molar-refractivity contribution in [1.82, 2.24) is 14.6 Å². The summed E-state index contributed by atoms with van der Waals surface area (Å²) in [5, 5.41) is 13.2. The third-order valence-corrected chi connectivity index (χ3v) is 7.21. The Morgan fingerprint density at radius 2 is 1.94 bits per heavy atom. The lowest BCUT2D eigenvalue weighted by atomic mass is 10.1. The molecule has 0 aliphatic rings. The van der Waals surface area contributed by atoms with Gasteiger partial charge >= 0.3 is 5.97 Å². The molecule has 1 aromatic carbocycles. The Morgan fingerprint density at radius 3 is 2.66 bits per heavy atom. The quantitative estimate of drug-likeness (QED) is 0.256. The fourth-order valence-electron chi connectivity index (χ4n) is 3.53. The van der Waals surface area contributed by atoms with Crippen LogP contribution in [0.15, 0.2) is 35.5 Å². The molecule has 0 aliphatic carbocycles. The molecule has 1 N–H and O–H groups in total. The summed E-state index contributed by atoms with van der Waals surface area (Å²) in [7, 11) is 1.26. The predicted molar refractivity (Wildman–Crippen MR) is 125 cm³/mol. The lowest BCUT2D eigenvalue weighted by Crippen LogP contribution is -2.16. The third kappa shape index (κ3) is 3.87. The van der Waals surface area contributed by atoms with Crippen LogP contribution < -0.4 is 5.32 Å². The molecule has 0 saturated carbocycles. The predicted octanol–water partition coefficient (Wildman–Crippen LogP) is 4.28. The van der Waals surface area contributed by atoms with Gasteiger partial charge in [0.25, 0.3) is 0 Å². The van der Waals surface area contributed by atoms with Crippen LogP contribution in [0.1, 0.15) is 38.1 Å². The standard InChI is InChI=1S/C22H20N4O4S2/c1-11-9-14-7-5-6-8-15(14)26-19(11)24-25-22(26)31-10-16(28)23-20-17(21(29)30-4)12(2)18(32-20)13(3)27/h5-9H,10H2,1-4H3,(H,23,28). The van der Waals surface area contributed by atoms with Crippen LogP contribution in [0.4, 0.5) is 5.00 Å². The van der Waals surface area contributed by atoms with E-state index in [0.717, 1.165) is 33.5 Å². The van der Waals surface area contributed by atoms with E-state index in [1.807, 2.05) is 35.6 Å². The van der Waals surface area contributed by atoms with E-state index in [9.17, 15) is 14.4 Å². The van der Waals surface area contributed by atoms with Crippen molar-refractivity contribution in [3.8, 4) is 0 Å². The number of methoxy groups -OCH3 is 1. The number of pyridine rings is 1. The number of aromatic nitrogens is 3. The summed E-state index contributed by atoms with van der Waals surface area (Å²) in [5.41, 5.74) is 3.38. The number of carbonyl (C=O) groups excluding carboxylic acids is 3. The monoisotopic (exact) mass is 468 g/mol. The summed E-state index contributed by atoms with van der Waals surface area (Å²) in [6.07, 6.45) is 0. The average Bonchev–Trinajstić information content (AvgIpc) is 3.34. The minimum Gasteiger partial charge on any atom is -0.465 e. The van der Waals surface area contributed by atoms with E-state index in [2.05, 4.69) is 21.6 Å². The van der Waals surface area contributed by atoms with Crippen molar-refractivity contribution in [3.05, 3.63) is 51.9 Å². The molecular weight excluding hydrogens is 448 g/mol. The van der Waals surface area contributed by atoms with Crippen LogP contribution in [-0.2, 0) is 9.53 Å². The fourth-order valence-corrected chi connectivity index (χ4v) is 5.38. The molecule has 4 rings (SSSR count). The Bertz CT molecular complexity index is 1390. The molecule has 0 bridgehead atoms. The molecule has 0 saturated heterocycles. The molecule has 32 heavy (non-hydrogen) atoms. The lowest BCUT2D eigenvalue weighted by Gasteiger charge is -2.07. The average molecular weight is 469 g/mol. The smallest absolute Gasteiger partial charge is 0.341 e. The topological polar surface area (TPSA) is 103 Å². The van der Waals surface area contributed by atoms with Crippen LogP contribution in [-0.4, -0.2) is 45.1 Å². The molecule has 8 nitrogen and oxygen atoms in total. The number of aryl methyl sites for hydroxylation is 1. The van der Waals surface area contributed by atoms with Gasteiger partial charge in [-0.1, -0.05) is 30.0 Å². The molecule has 3 heterocycles. The number of para-hydroxylation sites is 1. The SMILES string of the molecule is COC(=O)c1c(NC(=O)CSc2nnc3c(C)cc4ccccc4n23)sc(C(C)=O)c1C. The van der Waals surface area contributed by atoms with Crippen molar-refractivity contribution in [2.45, 2.75) is 25.9 Å². The van der Waals surface area contributed by atoms with Crippen molar-refractivity contribution in [2.24, 2.45) is 0 Å². The van der Waals surface area contributed by atoms with Gasteiger partial charge in [0, 0.05) is 0 Å². The molecule has 1 amide bonds. The Morgan fingerprint density at radius 1 is 1.19 bits per heavy atom. The number of thioether (sulfide) groups is 1. The number of rotatable bonds is 6. The zero-order valence-corrected chi connectivity index (χ0v) is 19.5. The van der Waals surface area contributed by atoms with Crippen molar-refractivity contribution < 1.29 is 19.1 Å². The molecule has 0 radical (unpaired) electrons. The zero-order valence-electron chi connectivity index (χ0n) is 17.9. The molecule has 4 aromatic rings. The first-order valence-electron chi connectivity index (χ1n) is 9.70. The number of hydrogen-bond donors (Lipinski definition) is 1. The lowest BCUT2D eigenvalue weighted by molar-refractivity contribution is -0.113. The summed E-state index contributed by atoms with van der Waals surface area (Å²) in [4.78, 5) is 37.2. The highest BCUT2D eigenvalue weighted by molar-refractivity contribution is 7.99. The van der Waals surface area contributed by atoms with Gasteiger partial charge in [-0.3, -0.25) is 14.0 Å². The second-order valence-corrected chi connectivity index (χ2v) is 9.14. The van der Waals surface area contributed by atoms with Crippen molar-refractivity contribution >= 4 is 62.3 Å². The maximum Gasteiger partial charge on any atom is 0.341 e. The summed E-state index contributed by atoms with van der Waals surface area (Å²) in [6.45, 7) is 5.06. The molecule has 164 valence electrons. The normalized spacial score (nSPS) is 11.1. The third-order valence-electron chi connectivity index (χ3n) is 4.98. The molecule has 0 unspecified atom stereocenters. The molecule has 0 atom stereocenters. The molecular formula is C22H20N4O4S2. The first kappa shape index (κ1) is 22.0. The van der Waals surface area contributed by atoms with Crippen LogP contribution in [0, 0.1) is 13.8 Å². The Balaban J connectivity index is 1.59. The molecule has 10 heteroatoms. The van der Waals surface area contributed by atoms with Gasteiger partial charge in [0.1, 0.15) is 5.00 Å². The number of anilines is 1. The van der Waals surface area contributed by atoms with Crippen molar-refractivity contribution in [1.29, 1.82) is 0 Å². The number of carbonyl (C=O) groups is 3. The Hall–Kier alpha value is -3.24. The minimum absolute atomic E-state index is 0.0516.